The number of nitriles is 1. The summed E-state index contributed by atoms with van der Waals surface area (Å²) in [5.41, 5.74) is 4.89. The number of aromatic amines is 1. The summed E-state index contributed by atoms with van der Waals surface area (Å²) < 4.78 is 11.3. The molecular formula is C28H23N5O3. The molecule has 8 heteroatoms. The molecule has 4 aromatic rings. The smallest absolute Gasteiger partial charge is 0.270 e. The molecule has 0 atom stereocenters. The minimum absolute atomic E-state index is 0.0605. The van der Waals surface area contributed by atoms with Gasteiger partial charge in [0, 0.05) is 5.56 Å². The molecule has 0 fully saturated rings. The van der Waals surface area contributed by atoms with Crippen LogP contribution in [0.4, 0.5) is 5.95 Å². The first kappa shape index (κ1) is 24.0. The number of hydrogen-bond donors (Lipinski definition) is 2. The number of ether oxygens (including phenoxy) is 2. The Morgan fingerprint density at radius 1 is 1.03 bits per heavy atom. The minimum atomic E-state index is -0.548. The molecule has 0 saturated heterocycles. The van der Waals surface area contributed by atoms with Crippen LogP contribution in [-0.4, -0.2) is 29.9 Å². The molecule has 0 aliphatic rings. The highest BCUT2D eigenvalue weighted by molar-refractivity contribution is 5.81. The Labute approximate surface area is 208 Å². The Morgan fingerprint density at radius 3 is 2.50 bits per heavy atom. The van der Waals surface area contributed by atoms with Crippen LogP contribution in [0.1, 0.15) is 16.7 Å². The molecule has 4 rings (SSSR count). The van der Waals surface area contributed by atoms with Crippen LogP contribution in [0.15, 0.2) is 94.8 Å². The maximum absolute atomic E-state index is 12.4. The van der Waals surface area contributed by atoms with Gasteiger partial charge in [0.25, 0.3) is 5.56 Å². The lowest BCUT2D eigenvalue weighted by atomic mass is 10.1. The number of methoxy groups -OCH3 is 1. The Kier molecular flexibility index (Phi) is 7.87. The van der Waals surface area contributed by atoms with Crippen LogP contribution in [0, 0.1) is 11.3 Å². The summed E-state index contributed by atoms with van der Waals surface area (Å²) in [4.78, 5) is 19.3. The van der Waals surface area contributed by atoms with Crippen molar-refractivity contribution in [3.63, 3.8) is 0 Å². The van der Waals surface area contributed by atoms with Gasteiger partial charge in [-0.2, -0.15) is 10.4 Å². The van der Waals surface area contributed by atoms with Gasteiger partial charge < -0.3 is 9.47 Å². The molecule has 0 amide bonds. The summed E-state index contributed by atoms with van der Waals surface area (Å²) in [6.45, 7) is 0.391. The van der Waals surface area contributed by atoms with Crippen LogP contribution < -0.4 is 20.5 Å². The van der Waals surface area contributed by atoms with Crippen molar-refractivity contribution >= 4 is 18.2 Å². The van der Waals surface area contributed by atoms with E-state index < -0.39 is 5.56 Å². The molecule has 0 unspecified atom stereocenters. The molecular weight excluding hydrogens is 454 g/mol. The summed E-state index contributed by atoms with van der Waals surface area (Å²) in [7, 11) is 1.57. The molecule has 0 bridgehead atoms. The number of H-pyrrole nitrogens is 1. The molecule has 36 heavy (non-hydrogen) atoms. The molecule has 0 aliphatic heterocycles. The lowest BCUT2D eigenvalue weighted by Gasteiger charge is -2.10. The number of nitrogens with zero attached hydrogens (tertiary/aromatic N) is 3. The summed E-state index contributed by atoms with van der Waals surface area (Å²) in [6.07, 6.45) is 5.48. The maximum atomic E-state index is 12.4. The fraction of sp³-hybridized carbons (Fsp3) is 0.0714. The molecule has 178 valence electrons. The van der Waals surface area contributed by atoms with Gasteiger partial charge in [0.15, 0.2) is 11.5 Å². The number of nitrogens with one attached hydrogen (secondary N) is 2. The summed E-state index contributed by atoms with van der Waals surface area (Å²) in [5.74, 6) is 1.28. The normalized spacial score (nSPS) is 10.9. The van der Waals surface area contributed by atoms with E-state index in [1.807, 2.05) is 72.8 Å². The number of rotatable bonds is 9. The van der Waals surface area contributed by atoms with Gasteiger partial charge in [-0.05, 0) is 35.4 Å². The van der Waals surface area contributed by atoms with Crippen LogP contribution in [-0.2, 0) is 0 Å². The zero-order valence-electron chi connectivity index (χ0n) is 19.5. The molecule has 3 aromatic carbocycles. The second-order valence-corrected chi connectivity index (χ2v) is 7.52. The largest absolute Gasteiger partial charge is 0.493 e. The van der Waals surface area contributed by atoms with Gasteiger partial charge >= 0.3 is 0 Å². The standard InChI is InChI=1S/C28H23N5O3/c1-35-25-17-21(14-15-24(25)36-16-8-11-20-9-4-2-5-10-20)19-30-33-28-31-26(22-12-6-3-7-13-22)23(18-29)27(34)32-28/h2-15,17,19H,16H2,1H3,(H2,31,32,33,34). The predicted molar refractivity (Wildman–Crippen MR) is 140 cm³/mol. The van der Waals surface area contributed by atoms with Crippen molar-refractivity contribution in [1.82, 2.24) is 9.97 Å². The topological polar surface area (TPSA) is 112 Å². The number of anilines is 1. The summed E-state index contributed by atoms with van der Waals surface area (Å²) in [6, 6.07) is 26.3. The monoisotopic (exact) mass is 477 g/mol. The average Bonchev–Trinajstić information content (AvgIpc) is 2.92. The third kappa shape index (κ3) is 6.04. The van der Waals surface area contributed by atoms with E-state index in [1.54, 1.807) is 37.6 Å². The molecule has 0 aliphatic carbocycles. The van der Waals surface area contributed by atoms with Gasteiger partial charge in [-0.15, -0.1) is 0 Å². The lowest BCUT2D eigenvalue weighted by Crippen LogP contribution is -2.16. The Balaban J connectivity index is 1.44. The number of hydrazone groups is 1. The highest BCUT2D eigenvalue weighted by Gasteiger charge is 2.13. The second kappa shape index (κ2) is 11.8. The van der Waals surface area contributed by atoms with Gasteiger partial charge in [-0.25, -0.2) is 10.4 Å². The van der Waals surface area contributed by atoms with Crippen molar-refractivity contribution in [2.75, 3.05) is 19.1 Å². The first-order chi connectivity index (χ1) is 17.7. The van der Waals surface area contributed by atoms with E-state index in [1.165, 1.54) is 0 Å². The molecule has 8 nitrogen and oxygen atoms in total. The number of hydrogen-bond acceptors (Lipinski definition) is 7. The predicted octanol–water partition coefficient (Wildman–Crippen LogP) is 4.86. The van der Waals surface area contributed by atoms with Crippen LogP contribution in [0.5, 0.6) is 11.5 Å². The Bertz CT molecular complexity index is 1470. The lowest BCUT2D eigenvalue weighted by molar-refractivity contribution is 0.326. The van der Waals surface area contributed by atoms with Crippen molar-refractivity contribution in [3.8, 4) is 28.8 Å². The van der Waals surface area contributed by atoms with E-state index >= 15 is 0 Å². The van der Waals surface area contributed by atoms with Gasteiger partial charge in [0.1, 0.15) is 18.2 Å². The van der Waals surface area contributed by atoms with E-state index in [0.29, 0.717) is 23.7 Å². The fourth-order valence-corrected chi connectivity index (χ4v) is 3.37. The van der Waals surface area contributed by atoms with E-state index in [0.717, 1.165) is 11.1 Å². The molecule has 0 spiro atoms. The Hall–Kier alpha value is -5.16. The first-order valence-electron chi connectivity index (χ1n) is 11.1. The summed E-state index contributed by atoms with van der Waals surface area (Å²) in [5, 5.41) is 13.5. The minimum Gasteiger partial charge on any atom is -0.493 e. The number of benzene rings is 3. The van der Waals surface area contributed by atoms with Crippen LogP contribution >= 0.6 is 0 Å². The van der Waals surface area contributed by atoms with E-state index in [4.69, 9.17) is 9.47 Å². The van der Waals surface area contributed by atoms with Crippen molar-refractivity contribution < 1.29 is 9.47 Å². The van der Waals surface area contributed by atoms with Gasteiger partial charge in [0.2, 0.25) is 5.95 Å². The molecule has 1 heterocycles. The zero-order valence-corrected chi connectivity index (χ0v) is 19.5. The fourth-order valence-electron chi connectivity index (χ4n) is 3.37. The zero-order chi connectivity index (χ0) is 25.2. The third-order valence-electron chi connectivity index (χ3n) is 5.10. The molecule has 0 saturated carbocycles. The van der Waals surface area contributed by atoms with Gasteiger partial charge in [-0.1, -0.05) is 66.7 Å². The molecule has 2 N–H and O–H groups in total. The highest BCUT2D eigenvalue weighted by atomic mass is 16.5. The highest BCUT2D eigenvalue weighted by Crippen LogP contribution is 2.27. The Morgan fingerprint density at radius 2 is 1.78 bits per heavy atom. The molecule has 1 aromatic heterocycles. The second-order valence-electron chi connectivity index (χ2n) is 7.52. The third-order valence-corrected chi connectivity index (χ3v) is 5.10. The van der Waals surface area contributed by atoms with Crippen molar-refractivity contribution in [1.29, 1.82) is 5.26 Å². The van der Waals surface area contributed by atoms with Crippen molar-refractivity contribution in [2.24, 2.45) is 5.10 Å². The molecule has 0 radical (unpaired) electrons. The van der Waals surface area contributed by atoms with Crippen LogP contribution in [0.2, 0.25) is 0 Å². The van der Waals surface area contributed by atoms with Crippen molar-refractivity contribution in [3.05, 3.63) is 112 Å². The maximum Gasteiger partial charge on any atom is 0.270 e. The van der Waals surface area contributed by atoms with E-state index in [9.17, 15) is 10.1 Å². The van der Waals surface area contributed by atoms with E-state index in [-0.39, 0.29) is 17.2 Å². The van der Waals surface area contributed by atoms with Gasteiger partial charge in [-0.3, -0.25) is 9.78 Å². The van der Waals surface area contributed by atoms with Crippen LogP contribution in [0.25, 0.3) is 17.3 Å². The average molecular weight is 478 g/mol. The SMILES string of the molecule is COc1cc(C=NNc2nc(-c3ccccc3)c(C#N)c(=O)[nH]2)ccc1OCC=Cc1ccccc1. The van der Waals surface area contributed by atoms with E-state index in [2.05, 4.69) is 20.5 Å². The first-order valence-corrected chi connectivity index (χ1v) is 11.1. The van der Waals surface area contributed by atoms with Crippen LogP contribution in [0.3, 0.4) is 0 Å². The van der Waals surface area contributed by atoms with Crippen molar-refractivity contribution in [2.45, 2.75) is 0 Å². The number of aromatic nitrogens is 2. The quantitative estimate of drug-likeness (QED) is 0.263. The van der Waals surface area contributed by atoms with Gasteiger partial charge in [0.05, 0.1) is 19.0 Å². The summed E-state index contributed by atoms with van der Waals surface area (Å²) >= 11 is 0.